The summed E-state index contributed by atoms with van der Waals surface area (Å²) in [6.45, 7) is 0. The van der Waals surface area contributed by atoms with E-state index in [1.165, 1.54) is 38.6 Å². The van der Waals surface area contributed by atoms with Crippen LogP contribution in [0.25, 0.3) is 77.2 Å². The predicted molar refractivity (Wildman–Crippen MR) is 228 cm³/mol. The molecule has 54 heavy (non-hydrogen) atoms. The van der Waals surface area contributed by atoms with Crippen LogP contribution >= 0.6 is 0 Å². The molecule has 0 amide bonds. The Labute approximate surface area is 314 Å². The summed E-state index contributed by atoms with van der Waals surface area (Å²) >= 11 is 0. The minimum Gasteiger partial charge on any atom is -0.456 e. The zero-order valence-electron chi connectivity index (χ0n) is 29.6. The third-order valence-electron chi connectivity index (χ3n) is 10.4. The van der Waals surface area contributed by atoms with Crippen molar-refractivity contribution in [2.75, 3.05) is 4.90 Å². The second-order valence-corrected chi connectivity index (χ2v) is 13.7. The Morgan fingerprint density at radius 3 is 1.67 bits per heavy atom. The molecule has 2 heteroatoms. The Kier molecular flexibility index (Phi) is 7.85. The van der Waals surface area contributed by atoms with Gasteiger partial charge in [-0.15, -0.1) is 0 Å². The van der Waals surface area contributed by atoms with E-state index in [-0.39, 0.29) is 0 Å². The van der Waals surface area contributed by atoms with E-state index in [1.807, 2.05) is 6.07 Å². The molecule has 0 atom stereocenters. The first-order chi connectivity index (χ1) is 26.8. The molecule has 0 radical (unpaired) electrons. The topological polar surface area (TPSA) is 16.4 Å². The van der Waals surface area contributed by atoms with E-state index >= 15 is 0 Å². The van der Waals surface area contributed by atoms with Crippen molar-refractivity contribution in [3.05, 3.63) is 212 Å². The van der Waals surface area contributed by atoms with Crippen LogP contribution in [-0.4, -0.2) is 0 Å². The maximum absolute atomic E-state index is 6.53. The normalized spacial score (nSPS) is 11.3. The summed E-state index contributed by atoms with van der Waals surface area (Å²) < 4.78 is 6.53. The summed E-state index contributed by atoms with van der Waals surface area (Å²) in [6, 6.07) is 76.0. The zero-order chi connectivity index (χ0) is 35.8. The van der Waals surface area contributed by atoms with Gasteiger partial charge in [0.25, 0.3) is 0 Å². The number of benzene rings is 9. The first-order valence-corrected chi connectivity index (χ1v) is 18.4. The Bertz CT molecular complexity index is 2920. The summed E-state index contributed by atoms with van der Waals surface area (Å²) in [6.07, 6.45) is 0. The number of fused-ring (bicyclic) bond motifs is 4. The van der Waals surface area contributed by atoms with Crippen molar-refractivity contribution in [1.29, 1.82) is 0 Å². The van der Waals surface area contributed by atoms with Crippen LogP contribution in [0.4, 0.5) is 17.1 Å². The van der Waals surface area contributed by atoms with E-state index in [9.17, 15) is 0 Å². The van der Waals surface area contributed by atoms with Crippen molar-refractivity contribution in [1.82, 2.24) is 0 Å². The Hall–Kier alpha value is -7.16. The molecule has 0 spiro atoms. The lowest BCUT2D eigenvalue weighted by molar-refractivity contribution is 0.669. The molecular formula is C52H35NO. The van der Waals surface area contributed by atoms with Gasteiger partial charge in [-0.2, -0.15) is 0 Å². The fourth-order valence-electron chi connectivity index (χ4n) is 7.82. The minimum absolute atomic E-state index is 0.865. The van der Waals surface area contributed by atoms with Crippen LogP contribution in [0.1, 0.15) is 0 Å². The number of hydrogen-bond donors (Lipinski definition) is 0. The predicted octanol–water partition coefficient (Wildman–Crippen LogP) is 14.9. The molecule has 0 saturated heterocycles. The summed E-state index contributed by atoms with van der Waals surface area (Å²) in [5.74, 6) is 0. The van der Waals surface area contributed by atoms with Gasteiger partial charge in [-0.05, 0) is 104 Å². The van der Waals surface area contributed by atoms with Gasteiger partial charge in [-0.3, -0.25) is 0 Å². The lowest BCUT2D eigenvalue weighted by Crippen LogP contribution is -2.11. The van der Waals surface area contributed by atoms with Gasteiger partial charge >= 0.3 is 0 Å². The molecule has 9 aromatic carbocycles. The van der Waals surface area contributed by atoms with Crippen molar-refractivity contribution in [3.63, 3.8) is 0 Å². The van der Waals surface area contributed by atoms with Crippen molar-refractivity contribution in [2.24, 2.45) is 0 Å². The van der Waals surface area contributed by atoms with E-state index in [0.29, 0.717) is 0 Å². The van der Waals surface area contributed by atoms with Crippen LogP contribution in [0.5, 0.6) is 0 Å². The first-order valence-electron chi connectivity index (χ1n) is 18.4. The van der Waals surface area contributed by atoms with Gasteiger partial charge in [0.1, 0.15) is 11.2 Å². The Morgan fingerprint density at radius 1 is 0.315 bits per heavy atom. The van der Waals surface area contributed by atoms with Crippen molar-refractivity contribution >= 4 is 49.8 Å². The van der Waals surface area contributed by atoms with Crippen LogP contribution in [0.2, 0.25) is 0 Å². The highest BCUT2D eigenvalue weighted by Crippen LogP contribution is 2.48. The number of furan rings is 1. The Morgan fingerprint density at radius 2 is 0.889 bits per heavy atom. The molecule has 254 valence electrons. The minimum atomic E-state index is 0.865. The molecule has 0 aliphatic heterocycles. The maximum atomic E-state index is 6.53. The average molecular weight is 690 g/mol. The van der Waals surface area contributed by atoms with Crippen molar-refractivity contribution in [2.45, 2.75) is 0 Å². The highest BCUT2D eigenvalue weighted by atomic mass is 16.3. The molecule has 0 aliphatic carbocycles. The highest BCUT2D eigenvalue weighted by Gasteiger charge is 2.23. The molecule has 2 nitrogen and oxygen atoms in total. The van der Waals surface area contributed by atoms with Gasteiger partial charge in [-0.25, -0.2) is 0 Å². The molecule has 0 saturated carbocycles. The second-order valence-electron chi connectivity index (χ2n) is 13.7. The van der Waals surface area contributed by atoms with Gasteiger partial charge in [-0.1, -0.05) is 158 Å². The molecule has 0 bridgehead atoms. The van der Waals surface area contributed by atoms with Gasteiger partial charge in [0.05, 0.1) is 5.69 Å². The molecular weight excluding hydrogens is 655 g/mol. The SMILES string of the molecule is c1ccc(-c2cccc(-c3c(N(c4ccc(-c5ccc6ccccc6c5)cc4)c4cccc(-c5ccccc5)c4)ccc4oc5ccccc5c34)c2)cc1. The molecule has 0 N–H and O–H groups in total. The molecule has 10 aromatic rings. The number of para-hydroxylation sites is 1. The monoisotopic (exact) mass is 689 g/mol. The van der Waals surface area contributed by atoms with Crippen LogP contribution in [-0.2, 0) is 0 Å². The molecule has 10 rings (SSSR count). The molecule has 0 unspecified atom stereocenters. The molecule has 1 heterocycles. The fourth-order valence-corrected chi connectivity index (χ4v) is 7.82. The van der Waals surface area contributed by atoms with Crippen LogP contribution in [0.3, 0.4) is 0 Å². The van der Waals surface area contributed by atoms with E-state index in [2.05, 4.69) is 211 Å². The maximum Gasteiger partial charge on any atom is 0.136 e. The van der Waals surface area contributed by atoms with E-state index in [1.54, 1.807) is 0 Å². The van der Waals surface area contributed by atoms with Gasteiger partial charge in [0, 0.05) is 27.7 Å². The molecule has 1 aromatic heterocycles. The lowest BCUT2D eigenvalue weighted by Gasteiger charge is -2.29. The third-order valence-corrected chi connectivity index (χ3v) is 10.4. The van der Waals surface area contributed by atoms with Crippen LogP contribution in [0.15, 0.2) is 217 Å². The summed E-state index contributed by atoms with van der Waals surface area (Å²) in [7, 11) is 0. The fraction of sp³-hybridized carbons (Fsp3) is 0. The van der Waals surface area contributed by atoms with E-state index in [0.717, 1.165) is 55.7 Å². The van der Waals surface area contributed by atoms with Gasteiger partial charge in [0.2, 0.25) is 0 Å². The molecule has 0 fully saturated rings. The quantitative estimate of drug-likeness (QED) is 0.166. The Balaban J connectivity index is 1.21. The number of nitrogens with zero attached hydrogens (tertiary/aromatic N) is 1. The summed E-state index contributed by atoms with van der Waals surface area (Å²) in [5, 5.41) is 4.68. The number of hydrogen-bond acceptors (Lipinski definition) is 2. The van der Waals surface area contributed by atoms with Crippen molar-refractivity contribution in [3.8, 4) is 44.5 Å². The smallest absolute Gasteiger partial charge is 0.136 e. The number of anilines is 3. The van der Waals surface area contributed by atoms with Crippen LogP contribution < -0.4 is 4.90 Å². The second kappa shape index (κ2) is 13.4. The third kappa shape index (κ3) is 5.71. The lowest BCUT2D eigenvalue weighted by atomic mass is 9.93. The van der Waals surface area contributed by atoms with Gasteiger partial charge in [0.15, 0.2) is 0 Å². The highest BCUT2D eigenvalue weighted by molar-refractivity contribution is 6.16. The van der Waals surface area contributed by atoms with E-state index in [4.69, 9.17) is 4.42 Å². The standard InChI is InChI=1S/C52H35NO/c1-3-13-36(14-4-1)41-19-11-21-44(34-41)51-48(31-32-50-52(51)47-23-9-10-24-49(47)54-50)53(46-22-12-20-42(35-46)37-15-5-2-6-16-37)45-29-27-39(28-30-45)43-26-25-38-17-7-8-18-40(38)33-43/h1-35H. The van der Waals surface area contributed by atoms with Gasteiger partial charge < -0.3 is 9.32 Å². The summed E-state index contributed by atoms with van der Waals surface area (Å²) in [4.78, 5) is 2.41. The van der Waals surface area contributed by atoms with E-state index < -0.39 is 0 Å². The average Bonchev–Trinajstić information content (AvgIpc) is 3.63. The van der Waals surface area contributed by atoms with Crippen LogP contribution in [0, 0.1) is 0 Å². The van der Waals surface area contributed by atoms with Crippen molar-refractivity contribution < 1.29 is 4.42 Å². The first kappa shape index (κ1) is 31.6. The zero-order valence-corrected chi connectivity index (χ0v) is 29.6. The summed E-state index contributed by atoms with van der Waals surface area (Å²) in [5.41, 5.74) is 14.3. The number of rotatable bonds is 7. The molecule has 0 aliphatic rings. The largest absolute Gasteiger partial charge is 0.456 e.